The van der Waals surface area contributed by atoms with Crippen molar-refractivity contribution in [2.45, 2.75) is 53.0 Å². The van der Waals surface area contributed by atoms with Crippen LogP contribution in [-0.2, 0) is 11.3 Å². The molecule has 0 radical (unpaired) electrons. The van der Waals surface area contributed by atoms with Crippen molar-refractivity contribution in [3.8, 4) is 17.0 Å². The highest BCUT2D eigenvalue weighted by Crippen LogP contribution is 2.40. The molecule has 1 aromatic carbocycles. The van der Waals surface area contributed by atoms with Crippen molar-refractivity contribution in [2.75, 3.05) is 20.2 Å². The Morgan fingerprint density at radius 2 is 1.90 bits per heavy atom. The van der Waals surface area contributed by atoms with Crippen molar-refractivity contribution in [3.63, 3.8) is 0 Å². The maximum absolute atomic E-state index is 13.2. The third kappa shape index (κ3) is 4.59. The van der Waals surface area contributed by atoms with Crippen molar-refractivity contribution in [1.82, 2.24) is 14.7 Å². The Bertz CT molecular complexity index is 1050. The minimum atomic E-state index is 0.137. The molecule has 0 bridgehead atoms. The zero-order chi connectivity index (χ0) is 22.1. The molecule has 0 spiro atoms. The minimum Gasteiger partial charge on any atom is -0.497 e. The second-order valence-corrected chi connectivity index (χ2v) is 10.0. The van der Waals surface area contributed by atoms with Gasteiger partial charge in [-0.25, -0.2) is 0 Å². The van der Waals surface area contributed by atoms with Crippen LogP contribution in [0.2, 0.25) is 0 Å². The number of ether oxygens (including phenoxy) is 1. The number of benzene rings is 1. The normalized spacial score (nSPS) is 16.8. The molecule has 164 valence electrons. The summed E-state index contributed by atoms with van der Waals surface area (Å²) in [6.07, 6.45) is 2.16. The SMILES string of the molecule is COc1ccc(-c2cc(C(C)C)n(CC(=O)N3CC4=C(C3)SC(C)=C(C)CC4)n2)cc1. The van der Waals surface area contributed by atoms with Crippen LogP contribution in [0.4, 0.5) is 0 Å². The monoisotopic (exact) mass is 437 g/mol. The molecule has 0 saturated heterocycles. The average Bonchev–Trinajstić information content (AvgIpc) is 3.33. The van der Waals surface area contributed by atoms with Gasteiger partial charge in [-0.05, 0) is 73.4 Å². The first-order valence-electron chi connectivity index (χ1n) is 10.9. The molecule has 31 heavy (non-hydrogen) atoms. The fraction of sp³-hybridized carbons (Fsp3) is 0.440. The van der Waals surface area contributed by atoms with Crippen LogP contribution in [0.1, 0.15) is 52.1 Å². The molecule has 2 aliphatic rings. The number of hydrogen-bond acceptors (Lipinski definition) is 4. The van der Waals surface area contributed by atoms with Gasteiger partial charge in [-0.3, -0.25) is 9.48 Å². The minimum absolute atomic E-state index is 0.137. The number of rotatable bonds is 5. The van der Waals surface area contributed by atoms with Gasteiger partial charge in [0.15, 0.2) is 0 Å². The Hall–Kier alpha value is -2.47. The van der Waals surface area contributed by atoms with E-state index in [9.17, 15) is 4.79 Å². The number of methoxy groups -OCH3 is 1. The van der Waals surface area contributed by atoms with Crippen LogP contribution < -0.4 is 4.74 Å². The maximum atomic E-state index is 13.2. The van der Waals surface area contributed by atoms with Gasteiger partial charge in [0, 0.05) is 22.7 Å². The average molecular weight is 438 g/mol. The predicted octanol–water partition coefficient (Wildman–Crippen LogP) is 5.60. The number of nitrogens with zero attached hydrogens (tertiary/aromatic N) is 3. The smallest absolute Gasteiger partial charge is 0.244 e. The lowest BCUT2D eigenvalue weighted by Crippen LogP contribution is -2.33. The van der Waals surface area contributed by atoms with Crippen molar-refractivity contribution in [1.29, 1.82) is 0 Å². The summed E-state index contributed by atoms with van der Waals surface area (Å²) in [7, 11) is 1.66. The van der Waals surface area contributed by atoms with E-state index in [0.29, 0.717) is 0 Å². The zero-order valence-corrected chi connectivity index (χ0v) is 19.9. The number of aromatic nitrogens is 2. The topological polar surface area (TPSA) is 47.4 Å². The molecule has 6 heteroatoms. The van der Waals surface area contributed by atoms with Crippen LogP contribution in [-0.4, -0.2) is 40.8 Å². The van der Waals surface area contributed by atoms with Crippen LogP contribution >= 0.6 is 11.8 Å². The number of allylic oxidation sites excluding steroid dienone is 2. The summed E-state index contributed by atoms with van der Waals surface area (Å²) < 4.78 is 7.15. The summed E-state index contributed by atoms with van der Waals surface area (Å²) in [5.74, 6) is 1.24. The molecule has 0 aliphatic carbocycles. The van der Waals surface area contributed by atoms with Crippen LogP contribution in [0.25, 0.3) is 11.3 Å². The van der Waals surface area contributed by atoms with Crippen LogP contribution in [0.5, 0.6) is 5.75 Å². The van der Waals surface area contributed by atoms with E-state index in [1.54, 1.807) is 7.11 Å². The fourth-order valence-electron chi connectivity index (χ4n) is 4.10. The van der Waals surface area contributed by atoms with Crippen LogP contribution in [0.3, 0.4) is 0 Å². The molecule has 1 amide bonds. The molecule has 3 heterocycles. The first-order chi connectivity index (χ1) is 14.9. The van der Waals surface area contributed by atoms with E-state index < -0.39 is 0 Å². The third-order valence-corrected chi connectivity index (χ3v) is 7.53. The molecule has 1 aromatic heterocycles. The fourth-order valence-corrected chi connectivity index (χ4v) is 5.28. The summed E-state index contributed by atoms with van der Waals surface area (Å²) in [6, 6.07) is 9.99. The van der Waals surface area contributed by atoms with E-state index in [1.807, 2.05) is 45.6 Å². The lowest BCUT2D eigenvalue weighted by molar-refractivity contribution is -0.130. The molecule has 0 N–H and O–H groups in total. The Kier molecular flexibility index (Phi) is 6.28. The standard InChI is InChI=1S/C25H31N3O2S/c1-16(2)23-12-22(19-8-10-21(30-5)11-9-19)26-28(23)15-25(29)27-13-20-7-6-17(3)18(4)31-24(20)14-27/h8-12,16H,6-7,13-15H2,1-5H3. The van der Waals surface area contributed by atoms with Gasteiger partial charge >= 0.3 is 0 Å². The Balaban J connectivity index is 1.50. The first-order valence-corrected chi connectivity index (χ1v) is 11.7. The summed E-state index contributed by atoms with van der Waals surface area (Å²) in [6.45, 7) is 10.5. The van der Waals surface area contributed by atoms with E-state index in [2.05, 4.69) is 33.8 Å². The van der Waals surface area contributed by atoms with Crippen LogP contribution in [0, 0.1) is 0 Å². The molecule has 0 fully saturated rings. The van der Waals surface area contributed by atoms with Gasteiger partial charge in [-0.2, -0.15) is 5.10 Å². The summed E-state index contributed by atoms with van der Waals surface area (Å²) in [5, 5.41) is 4.80. The molecular formula is C25H31N3O2S. The Labute approximate surface area is 189 Å². The number of carbonyl (C=O) groups is 1. The Morgan fingerprint density at radius 3 is 2.58 bits per heavy atom. The van der Waals surface area contributed by atoms with E-state index in [0.717, 1.165) is 48.6 Å². The quantitative estimate of drug-likeness (QED) is 0.611. The van der Waals surface area contributed by atoms with Crippen LogP contribution in [0.15, 0.2) is 51.3 Å². The zero-order valence-electron chi connectivity index (χ0n) is 19.1. The number of amides is 1. The van der Waals surface area contributed by atoms with Gasteiger partial charge in [0.1, 0.15) is 12.3 Å². The highest BCUT2D eigenvalue weighted by molar-refractivity contribution is 8.06. The molecule has 0 unspecified atom stereocenters. The van der Waals surface area contributed by atoms with Crippen molar-refractivity contribution in [3.05, 3.63) is 57.0 Å². The van der Waals surface area contributed by atoms with E-state index in [4.69, 9.17) is 9.84 Å². The van der Waals surface area contributed by atoms with Crippen molar-refractivity contribution >= 4 is 17.7 Å². The number of hydrogen-bond donors (Lipinski definition) is 0. The molecule has 0 atom stereocenters. The highest BCUT2D eigenvalue weighted by Gasteiger charge is 2.28. The van der Waals surface area contributed by atoms with E-state index in [-0.39, 0.29) is 18.4 Å². The lowest BCUT2D eigenvalue weighted by atomic mass is 10.1. The molecule has 2 aliphatic heterocycles. The van der Waals surface area contributed by atoms with E-state index in [1.165, 1.54) is 21.0 Å². The summed E-state index contributed by atoms with van der Waals surface area (Å²) in [5.41, 5.74) is 5.90. The lowest BCUT2D eigenvalue weighted by Gasteiger charge is -2.19. The van der Waals surface area contributed by atoms with Gasteiger partial charge in [0.25, 0.3) is 0 Å². The van der Waals surface area contributed by atoms with Gasteiger partial charge < -0.3 is 9.64 Å². The van der Waals surface area contributed by atoms with E-state index >= 15 is 0 Å². The van der Waals surface area contributed by atoms with Gasteiger partial charge in [0.2, 0.25) is 5.91 Å². The molecule has 5 nitrogen and oxygen atoms in total. The summed E-state index contributed by atoms with van der Waals surface area (Å²) >= 11 is 1.86. The first kappa shape index (κ1) is 21.8. The molecule has 4 rings (SSSR count). The maximum Gasteiger partial charge on any atom is 0.244 e. The largest absolute Gasteiger partial charge is 0.497 e. The second-order valence-electron chi connectivity index (χ2n) is 8.71. The molecular weight excluding hydrogens is 406 g/mol. The van der Waals surface area contributed by atoms with Gasteiger partial charge in [0.05, 0.1) is 19.3 Å². The van der Waals surface area contributed by atoms with Gasteiger partial charge in [-0.15, -0.1) is 0 Å². The molecule has 2 aromatic rings. The highest BCUT2D eigenvalue weighted by atomic mass is 32.2. The van der Waals surface area contributed by atoms with Crippen molar-refractivity contribution in [2.24, 2.45) is 0 Å². The van der Waals surface area contributed by atoms with Gasteiger partial charge in [-0.1, -0.05) is 31.2 Å². The number of thioether (sulfide) groups is 1. The second kappa shape index (κ2) is 8.95. The number of carbonyl (C=O) groups excluding carboxylic acids is 1. The Morgan fingerprint density at radius 1 is 1.16 bits per heavy atom. The van der Waals surface area contributed by atoms with Crippen molar-refractivity contribution < 1.29 is 9.53 Å². The predicted molar refractivity (Wildman–Crippen MR) is 127 cm³/mol. The summed E-state index contributed by atoms with van der Waals surface area (Å²) in [4.78, 5) is 17.9. The molecule has 0 saturated carbocycles. The third-order valence-electron chi connectivity index (χ3n) is 6.22.